The van der Waals surface area contributed by atoms with E-state index in [1.54, 1.807) is 0 Å². The molecule has 1 aromatic carbocycles. The van der Waals surface area contributed by atoms with Gasteiger partial charge in [0.1, 0.15) is 5.69 Å². The predicted octanol–water partition coefficient (Wildman–Crippen LogP) is 1.91. The molecule has 4 nitrogen and oxygen atoms in total. The van der Waals surface area contributed by atoms with Crippen molar-refractivity contribution in [2.45, 2.75) is 0 Å². The summed E-state index contributed by atoms with van der Waals surface area (Å²) in [6, 6.07) is 3.47. The number of rotatable bonds is 1. The molecule has 0 spiro atoms. The molecule has 0 saturated carbocycles. The Hall–Kier alpha value is -2.11. The van der Waals surface area contributed by atoms with Crippen LogP contribution in [-0.4, -0.2) is 10.3 Å². The van der Waals surface area contributed by atoms with Gasteiger partial charge in [0.25, 0.3) is 0 Å². The molecule has 0 aliphatic carbocycles. The number of phenols is 1. The molecule has 0 bridgehead atoms. The van der Waals surface area contributed by atoms with E-state index in [9.17, 15) is 8.78 Å². The smallest absolute Gasteiger partial charge is 0.222 e. The van der Waals surface area contributed by atoms with Gasteiger partial charge >= 0.3 is 0 Å². The first-order chi connectivity index (χ1) is 7.09. The Morgan fingerprint density at radius 1 is 1.27 bits per heavy atom. The number of benzene rings is 1. The molecular weight excluding hydrogens is 206 g/mol. The van der Waals surface area contributed by atoms with Crippen LogP contribution in [0.3, 0.4) is 0 Å². The highest BCUT2D eigenvalue weighted by molar-refractivity contribution is 5.63. The summed E-state index contributed by atoms with van der Waals surface area (Å²) < 4.78 is 30.8. The molecule has 1 aromatic heterocycles. The van der Waals surface area contributed by atoms with Gasteiger partial charge in [-0.15, -0.1) is 0 Å². The second kappa shape index (κ2) is 3.23. The van der Waals surface area contributed by atoms with Crippen LogP contribution in [0.5, 0.6) is 5.75 Å². The van der Waals surface area contributed by atoms with Crippen molar-refractivity contribution in [1.82, 2.24) is 5.16 Å². The maximum Gasteiger partial charge on any atom is 0.222 e. The lowest BCUT2D eigenvalue weighted by molar-refractivity contribution is 0.407. The lowest BCUT2D eigenvalue weighted by Crippen LogP contribution is -1.90. The molecule has 0 amide bonds. The molecule has 15 heavy (non-hydrogen) atoms. The van der Waals surface area contributed by atoms with Crippen LogP contribution in [0.15, 0.2) is 22.7 Å². The molecule has 2 rings (SSSR count). The zero-order valence-electron chi connectivity index (χ0n) is 7.37. The van der Waals surface area contributed by atoms with Crippen molar-refractivity contribution in [1.29, 1.82) is 0 Å². The van der Waals surface area contributed by atoms with E-state index >= 15 is 0 Å². The van der Waals surface area contributed by atoms with Gasteiger partial charge < -0.3 is 15.4 Å². The molecule has 1 heterocycles. The van der Waals surface area contributed by atoms with E-state index < -0.39 is 17.4 Å². The van der Waals surface area contributed by atoms with Crippen molar-refractivity contribution in [2.75, 3.05) is 5.73 Å². The first-order valence-electron chi connectivity index (χ1n) is 3.99. The van der Waals surface area contributed by atoms with Crippen molar-refractivity contribution < 1.29 is 18.4 Å². The summed E-state index contributed by atoms with van der Waals surface area (Å²) in [7, 11) is 0. The number of hydrogen-bond acceptors (Lipinski definition) is 4. The number of aromatic hydroxyl groups is 1. The van der Waals surface area contributed by atoms with Crippen molar-refractivity contribution in [3.05, 3.63) is 29.8 Å². The fourth-order valence-corrected chi connectivity index (χ4v) is 1.15. The molecule has 0 saturated heterocycles. The van der Waals surface area contributed by atoms with Gasteiger partial charge in [0, 0.05) is 11.6 Å². The number of halogens is 2. The fraction of sp³-hybridized carbons (Fsp3) is 0. The lowest BCUT2D eigenvalue weighted by Gasteiger charge is -2.00. The average molecular weight is 212 g/mol. The van der Waals surface area contributed by atoms with Crippen LogP contribution in [0, 0.1) is 11.6 Å². The topological polar surface area (TPSA) is 72.3 Å². The van der Waals surface area contributed by atoms with Gasteiger partial charge in [-0.2, -0.15) is 4.39 Å². The van der Waals surface area contributed by atoms with E-state index in [1.807, 2.05) is 0 Å². The normalized spacial score (nSPS) is 10.5. The number of hydrogen-bond donors (Lipinski definition) is 2. The molecule has 0 radical (unpaired) electrons. The van der Waals surface area contributed by atoms with Crippen LogP contribution in [0.2, 0.25) is 0 Å². The molecule has 0 unspecified atom stereocenters. The molecule has 0 aliphatic heterocycles. The highest BCUT2D eigenvalue weighted by atomic mass is 19.2. The highest BCUT2D eigenvalue weighted by Gasteiger charge is 2.16. The predicted molar refractivity (Wildman–Crippen MR) is 47.9 cm³/mol. The molecule has 2 aromatic rings. The summed E-state index contributed by atoms with van der Waals surface area (Å²) in [4.78, 5) is 0. The molecule has 0 aliphatic rings. The van der Waals surface area contributed by atoms with E-state index in [0.717, 1.165) is 6.07 Å². The Kier molecular flexibility index (Phi) is 2.03. The highest BCUT2D eigenvalue weighted by Crippen LogP contribution is 2.28. The van der Waals surface area contributed by atoms with Crippen LogP contribution < -0.4 is 5.73 Å². The Balaban J connectivity index is 2.59. The van der Waals surface area contributed by atoms with Gasteiger partial charge in [-0.3, -0.25) is 0 Å². The number of nitrogen functional groups attached to an aromatic ring is 1. The van der Waals surface area contributed by atoms with Gasteiger partial charge in [-0.25, -0.2) is 4.39 Å². The van der Waals surface area contributed by atoms with Gasteiger partial charge in [0.2, 0.25) is 11.7 Å². The lowest BCUT2D eigenvalue weighted by atomic mass is 10.1. The minimum absolute atomic E-state index is 0.00196. The summed E-state index contributed by atoms with van der Waals surface area (Å²) in [5.41, 5.74) is 5.19. The molecule has 78 valence electrons. The summed E-state index contributed by atoms with van der Waals surface area (Å²) in [5.74, 6) is -3.28. The zero-order valence-corrected chi connectivity index (χ0v) is 7.37. The summed E-state index contributed by atoms with van der Waals surface area (Å²) in [6.07, 6.45) is 0. The zero-order chi connectivity index (χ0) is 11.0. The third kappa shape index (κ3) is 1.50. The molecule has 3 N–H and O–H groups in total. The maximum absolute atomic E-state index is 13.3. The van der Waals surface area contributed by atoms with E-state index in [2.05, 4.69) is 9.68 Å². The van der Waals surface area contributed by atoms with Crippen LogP contribution in [0.25, 0.3) is 11.3 Å². The summed E-state index contributed by atoms with van der Waals surface area (Å²) >= 11 is 0. The minimum atomic E-state index is -1.32. The number of nitrogens with two attached hydrogens (primary N) is 1. The van der Waals surface area contributed by atoms with Crippen LogP contribution in [0.1, 0.15) is 0 Å². The molecular formula is C9H6F2N2O2. The third-order valence-corrected chi connectivity index (χ3v) is 1.87. The monoisotopic (exact) mass is 212 g/mol. The van der Waals surface area contributed by atoms with E-state index in [1.165, 1.54) is 12.1 Å². The Morgan fingerprint density at radius 3 is 2.60 bits per heavy atom. The standard InChI is InChI=1S/C9H6F2N2O2/c10-8-4(1-2-6(14)9(8)11)5-3-7(12)15-13-5/h1-3,14H,12H2. The quantitative estimate of drug-likeness (QED) is 0.757. The van der Waals surface area contributed by atoms with Crippen LogP contribution in [-0.2, 0) is 0 Å². The number of anilines is 1. The largest absolute Gasteiger partial charge is 0.505 e. The maximum atomic E-state index is 13.3. The van der Waals surface area contributed by atoms with Gasteiger partial charge in [0.05, 0.1) is 0 Å². The fourth-order valence-electron chi connectivity index (χ4n) is 1.15. The van der Waals surface area contributed by atoms with E-state index in [-0.39, 0.29) is 17.1 Å². The Labute approximate surface area is 82.9 Å². The van der Waals surface area contributed by atoms with E-state index in [4.69, 9.17) is 10.8 Å². The number of aromatic nitrogens is 1. The van der Waals surface area contributed by atoms with Crippen molar-refractivity contribution >= 4 is 5.88 Å². The Morgan fingerprint density at radius 2 is 2.00 bits per heavy atom. The van der Waals surface area contributed by atoms with Crippen molar-refractivity contribution in [3.8, 4) is 17.0 Å². The second-order valence-electron chi connectivity index (χ2n) is 2.87. The van der Waals surface area contributed by atoms with Gasteiger partial charge in [0.15, 0.2) is 11.6 Å². The second-order valence-corrected chi connectivity index (χ2v) is 2.87. The van der Waals surface area contributed by atoms with Crippen LogP contribution >= 0.6 is 0 Å². The van der Waals surface area contributed by atoms with Gasteiger partial charge in [-0.1, -0.05) is 5.16 Å². The molecule has 0 fully saturated rings. The number of phenolic OH excluding ortho intramolecular Hbond substituents is 1. The van der Waals surface area contributed by atoms with Gasteiger partial charge in [-0.05, 0) is 12.1 Å². The molecule has 6 heteroatoms. The molecule has 0 atom stereocenters. The van der Waals surface area contributed by atoms with E-state index in [0.29, 0.717) is 0 Å². The van der Waals surface area contributed by atoms with Crippen molar-refractivity contribution in [3.63, 3.8) is 0 Å². The third-order valence-electron chi connectivity index (χ3n) is 1.87. The summed E-state index contributed by atoms with van der Waals surface area (Å²) in [5, 5.41) is 12.3. The first-order valence-corrected chi connectivity index (χ1v) is 3.99. The van der Waals surface area contributed by atoms with Crippen molar-refractivity contribution in [2.24, 2.45) is 0 Å². The average Bonchev–Trinajstić information content (AvgIpc) is 2.61. The first kappa shape index (κ1) is 9.45. The minimum Gasteiger partial charge on any atom is -0.505 e. The summed E-state index contributed by atoms with van der Waals surface area (Å²) in [6.45, 7) is 0. The van der Waals surface area contributed by atoms with Crippen LogP contribution in [0.4, 0.5) is 14.7 Å². The SMILES string of the molecule is Nc1cc(-c2ccc(O)c(F)c2F)no1. The number of nitrogens with zero attached hydrogens (tertiary/aromatic N) is 1. The Bertz CT molecular complexity index is 511.